The first kappa shape index (κ1) is 39.3. The van der Waals surface area contributed by atoms with Crippen LogP contribution in [0, 0.1) is 56.7 Å². The van der Waals surface area contributed by atoms with Crippen molar-refractivity contribution >= 4 is 30.0 Å². The Morgan fingerprint density at radius 3 is 2.11 bits per heavy atom. The number of fused-ring (bicyclic) bond motifs is 7. The van der Waals surface area contributed by atoms with E-state index in [1.807, 2.05) is 0 Å². The molecular weight excluding hydrogens is 668 g/mol. The molecule has 5 aliphatic carbocycles. The van der Waals surface area contributed by atoms with Crippen LogP contribution in [-0.2, 0) is 28.7 Å². The molecule has 0 spiro atoms. The van der Waals surface area contributed by atoms with Crippen LogP contribution in [0.2, 0.25) is 0 Å². The normalized spacial score (nSPS) is 38.4. The predicted octanol–water partition coefficient (Wildman–Crippen LogP) is 9.68. The van der Waals surface area contributed by atoms with Gasteiger partial charge in [0, 0.05) is 37.7 Å². The molecule has 290 valence electrons. The van der Waals surface area contributed by atoms with Crippen LogP contribution in [0.4, 0.5) is 0 Å². The molecule has 0 saturated heterocycles. The molecule has 53 heavy (non-hydrogen) atoms. The van der Waals surface area contributed by atoms with Gasteiger partial charge in [0.25, 0.3) is 0 Å². The number of ether oxygens (including phenoxy) is 4. The Balaban J connectivity index is 1.19. The number of allylic oxidation sites excluding steroid dienone is 1. The highest BCUT2D eigenvalue weighted by Gasteiger charge is 2.71. The Kier molecular flexibility index (Phi) is 10.4. The lowest BCUT2D eigenvalue weighted by atomic mass is 9.32. The summed E-state index contributed by atoms with van der Waals surface area (Å²) < 4.78 is 22.5. The van der Waals surface area contributed by atoms with Crippen molar-refractivity contribution < 1.29 is 38.1 Å². The third-order valence-corrected chi connectivity index (χ3v) is 15.9. The minimum atomic E-state index is -0.544. The van der Waals surface area contributed by atoms with E-state index in [-0.39, 0.29) is 50.6 Å². The minimum absolute atomic E-state index is 0.0557. The molecule has 1 aromatic rings. The topological polar surface area (TPSA) is 105 Å². The van der Waals surface area contributed by atoms with Crippen LogP contribution in [0.25, 0.3) is 6.08 Å². The summed E-state index contributed by atoms with van der Waals surface area (Å²) in [6.45, 7) is 23.8. The molecule has 5 aliphatic rings. The summed E-state index contributed by atoms with van der Waals surface area (Å²) in [5.74, 6) is 1.17. The maximum Gasteiger partial charge on any atom is 0.331 e. The highest BCUT2D eigenvalue weighted by molar-refractivity contribution is 5.87. The average molecular weight is 731 g/mol. The average Bonchev–Trinajstić information content (AvgIpc) is 3.45. The van der Waals surface area contributed by atoms with Gasteiger partial charge >= 0.3 is 23.9 Å². The van der Waals surface area contributed by atoms with Gasteiger partial charge in [0.1, 0.15) is 6.10 Å². The first-order chi connectivity index (χ1) is 24.8. The van der Waals surface area contributed by atoms with Crippen LogP contribution < -0.4 is 9.47 Å². The quantitative estimate of drug-likeness (QED) is 0.113. The van der Waals surface area contributed by atoms with Gasteiger partial charge in [-0.2, -0.15) is 0 Å². The Labute approximate surface area is 316 Å². The van der Waals surface area contributed by atoms with Gasteiger partial charge in [-0.15, -0.1) is 0 Å². The van der Waals surface area contributed by atoms with Crippen molar-refractivity contribution in [3.63, 3.8) is 0 Å². The van der Waals surface area contributed by atoms with Crippen LogP contribution in [0.15, 0.2) is 36.4 Å². The van der Waals surface area contributed by atoms with E-state index < -0.39 is 17.9 Å². The fraction of sp³-hybridized carbons (Fsp3) is 0.689. The Bertz CT molecular complexity index is 1690. The van der Waals surface area contributed by atoms with E-state index in [0.717, 1.165) is 38.5 Å². The molecular formula is C45H62O8. The lowest BCUT2D eigenvalue weighted by Crippen LogP contribution is -2.67. The molecule has 6 rings (SSSR count). The highest BCUT2D eigenvalue weighted by Crippen LogP contribution is 2.77. The first-order valence-corrected chi connectivity index (χ1v) is 20.0. The van der Waals surface area contributed by atoms with Gasteiger partial charge in [0.05, 0.1) is 6.61 Å². The molecule has 0 heterocycles. The number of carbonyl (C=O) groups is 4. The van der Waals surface area contributed by atoms with Crippen LogP contribution in [0.3, 0.4) is 0 Å². The number of esters is 4. The zero-order valence-electron chi connectivity index (χ0n) is 33.6. The molecule has 5 fully saturated rings. The maximum absolute atomic E-state index is 13.3. The van der Waals surface area contributed by atoms with Crippen molar-refractivity contribution in [3.8, 4) is 11.5 Å². The van der Waals surface area contributed by atoms with Crippen molar-refractivity contribution in [1.82, 2.24) is 0 Å². The third-order valence-electron chi connectivity index (χ3n) is 15.9. The monoisotopic (exact) mass is 730 g/mol. The molecule has 0 bridgehead atoms. The van der Waals surface area contributed by atoms with Gasteiger partial charge in [0.2, 0.25) is 0 Å². The van der Waals surface area contributed by atoms with Gasteiger partial charge in [-0.1, -0.05) is 52.8 Å². The van der Waals surface area contributed by atoms with Crippen LogP contribution in [0.5, 0.6) is 11.5 Å². The molecule has 1 aromatic carbocycles. The molecule has 0 aliphatic heterocycles. The standard InChI is InChI=1S/C45H62O8/c1-27(2)32-17-22-45(26-50-28(3)46)24-23-43(9)33(40(32)45)13-15-37-42(8)20-19-38(41(6,7)36(42)18-21-44(37,43)10)53-39(49)16-12-31-11-14-34(51-29(4)47)35(25-31)52-30(5)48/h11-12,14,16,25,32-33,36-38,40H,1,13,15,17-24,26H2,2-10H3/b16-12+/t32-,33?,36?,37?,38-,40?,42-,43+,44+,45+/m0/s1. The molecule has 8 nitrogen and oxygen atoms in total. The van der Waals surface area contributed by atoms with Crippen molar-refractivity contribution in [2.75, 3.05) is 6.61 Å². The van der Waals surface area contributed by atoms with E-state index in [9.17, 15) is 19.2 Å². The van der Waals surface area contributed by atoms with E-state index in [1.54, 1.807) is 31.2 Å². The van der Waals surface area contributed by atoms with Crippen molar-refractivity contribution in [3.05, 3.63) is 42.0 Å². The summed E-state index contributed by atoms with van der Waals surface area (Å²) in [6, 6.07) is 4.79. The van der Waals surface area contributed by atoms with Gasteiger partial charge in [0.15, 0.2) is 11.5 Å². The first-order valence-electron chi connectivity index (χ1n) is 20.0. The van der Waals surface area contributed by atoms with E-state index in [0.29, 0.717) is 41.8 Å². The maximum atomic E-state index is 13.3. The van der Waals surface area contributed by atoms with Gasteiger partial charge in [-0.3, -0.25) is 14.4 Å². The summed E-state index contributed by atoms with van der Waals surface area (Å²) in [4.78, 5) is 48.6. The lowest BCUT2D eigenvalue weighted by molar-refractivity contribution is -0.251. The number of rotatable bonds is 8. The zero-order valence-corrected chi connectivity index (χ0v) is 33.6. The minimum Gasteiger partial charge on any atom is -0.465 e. The number of benzene rings is 1. The van der Waals surface area contributed by atoms with Crippen molar-refractivity contribution in [2.24, 2.45) is 56.7 Å². The zero-order chi connectivity index (χ0) is 38.7. The second-order valence-corrected chi connectivity index (χ2v) is 18.8. The molecule has 4 unspecified atom stereocenters. The second kappa shape index (κ2) is 14.0. The summed E-state index contributed by atoms with van der Waals surface area (Å²) in [5, 5.41) is 0. The highest BCUT2D eigenvalue weighted by atomic mass is 16.6. The Morgan fingerprint density at radius 1 is 0.755 bits per heavy atom. The number of carbonyl (C=O) groups excluding carboxylic acids is 4. The molecule has 0 amide bonds. The van der Waals surface area contributed by atoms with Crippen LogP contribution in [-0.4, -0.2) is 36.6 Å². The number of hydrogen-bond acceptors (Lipinski definition) is 8. The van der Waals surface area contributed by atoms with Crippen molar-refractivity contribution in [1.29, 1.82) is 0 Å². The summed E-state index contributed by atoms with van der Waals surface area (Å²) in [5.41, 5.74) is 2.27. The van der Waals surface area contributed by atoms with Gasteiger partial charge in [-0.05, 0) is 141 Å². The number of hydrogen-bond donors (Lipinski definition) is 0. The fourth-order valence-corrected chi connectivity index (χ4v) is 13.4. The largest absolute Gasteiger partial charge is 0.465 e. The Hall–Kier alpha value is -3.42. The summed E-state index contributed by atoms with van der Waals surface area (Å²) >= 11 is 0. The SMILES string of the molecule is C=C(C)[C@@H]1CC[C@]2(COC(C)=O)CC[C@]3(C)C(CCC4[C@@]5(C)CC[C@H](OC(=O)/C=C/c6ccc(OC(C)=O)c(OC(C)=O)c6)C(C)(C)C5CC[C@]43C)C12. The van der Waals surface area contributed by atoms with Crippen LogP contribution in [0.1, 0.15) is 132 Å². The molecule has 8 heteroatoms. The molecule has 0 N–H and O–H groups in total. The third kappa shape index (κ3) is 6.68. The van der Waals surface area contributed by atoms with Gasteiger partial charge in [-0.25, -0.2) is 4.79 Å². The Morgan fingerprint density at radius 2 is 1.45 bits per heavy atom. The van der Waals surface area contributed by atoms with Gasteiger partial charge < -0.3 is 18.9 Å². The van der Waals surface area contributed by atoms with E-state index in [1.165, 1.54) is 51.2 Å². The molecule has 0 radical (unpaired) electrons. The van der Waals surface area contributed by atoms with Crippen LogP contribution >= 0.6 is 0 Å². The predicted molar refractivity (Wildman–Crippen MR) is 204 cm³/mol. The molecule has 10 atom stereocenters. The van der Waals surface area contributed by atoms with E-state index in [2.05, 4.69) is 48.1 Å². The van der Waals surface area contributed by atoms with E-state index in [4.69, 9.17) is 18.9 Å². The lowest BCUT2D eigenvalue weighted by Gasteiger charge is -2.73. The summed E-state index contributed by atoms with van der Waals surface area (Å²) in [7, 11) is 0. The molecule has 0 aromatic heterocycles. The van der Waals surface area contributed by atoms with E-state index >= 15 is 0 Å². The fourth-order valence-electron chi connectivity index (χ4n) is 13.4. The smallest absolute Gasteiger partial charge is 0.331 e. The van der Waals surface area contributed by atoms with Crippen molar-refractivity contribution in [2.45, 2.75) is 133 Å². The second-order valence-electron chi connectivity index (χ2n) is 18.8. The summed E-state index contributed by atoms with van der Waals surface area (Å²) in [6.07, 6.45) is 14.0. The molecule has 5 saturated carbocycles.